The topological polar surface area (TPSA) is 42.2 Å². The van der Waals surface area contributed by atoms with Crippen molar-refractivity contribution in [1.82, 2.24) is 5.32 Å². The molecule has 2 aromatic rings. The normalized spacial score (nSPS) is 16.9. The number of carbonyl (C=O) groups excluding carboxylic acids is 1. The highest BCUT2D eigenvalue weighted by Crippen LogP contribution is 2.40. The van der Waals surface area contributed by atoms with Gasteiger partial charge in [-0.3, -0.25) is 4.79 Å². The first-order valence-electron chi connectivity index (χ1n) is 7.83. The molecule has 1 aliphatic carbocycles. The molecule has 1 saturated carbocycles. The average Bonchev–Trinajstić information content (AvgIpc) is 3.24. The van der Waals surface area contributed by atoms with E-state index in [0.717, 1.165) is 12.8 Å². The van der Waals surface area contributed by atoms with Gasteiger partial charge in [0.05, 0.1) is 6.26 Å². The minimum absolute atomic E-state index is 0.0707. The van der Waals surface area contributed by atoms with Gasteiger partial charge in [0.2, 0.25) is 5.91 Å². The molecule has 0 atom stereocenters. The van der Waals surface area contributed by atoms with Crippen LogP contribution in [-0.2, 0) is 10.2 Å². The van der Waals surface area contributed by atoms with Gasteiger partial charge in [-0.2, -0.15) is 0 Å². The predicted molar refractivity (Wildman–Crippen MR) is 87.3 cm³/mol. The van der Waals surface area contributed by atoms with Gasteiger partial charge >= 0.3 is 0 Å². The van der Waals surface area contributed by atoms with E-state index in [1.807, 2.05) is 12.1 Å². The quantitative estimate of drug-likeness (QED) is 0.849. The molecule has 0 spiro atoms. The van der Waals surface area contributed by atoms with Crippen LogP contribution in [0.5, 0.6) is 0 Å². The lowest BCUT2D eigenvalue weighted by Crippen LogP contribution is -2.38. The van der Waals surface area contributed by atoms with E-state index < -0.39 is 0 Å². The minimum atomic E-state index is -0.0707. The van der Waals surface area contributed by atoms with E-state index in [1.54, 1.807) is 18.4 Å². The van der Waals surface area contributed by atoms with Crippen LogP contribution < -0.4 is 5.32 Å². The van der Waals surface area contributed by atoms with E-state index in [-0.39, 0.29) is 11.3 Å². The first-order chi connectivity index (χ1) is 10.8. The summed E-state index contributed by atoms with van der Waals surface area (Å²) >= 11 is 0. The molecule has 3 rings (SSSR count). The lowest BCUT2D eigenvalue weighted by atomic mass is 9.79. The Labute approximate surface area is 131 Å². The highest BCUT2D eigenvalue weighted by atomic mass is 16.3. The van der Waals surface area contributed by atoms with Crippen molar-refractivity contribution in [2.75, 3.05) is 6.54 Å². The lowest BCUT2D eigenvalue weighted by Gasteiger charge is -2.29. The third kappa shape index (κ3) is 3.30. The Hall–Kier alpha value is -2.29. The summed E-state index contributed by atoms with van der Waals surface area (Å²) in [5.74, 6) is 0.618. The zero-order valence-corrected chi connectivity index (χ0v) is 12.6. The third-order valence-electron chi connectivity index (χ3n) is 4.49. The van der Waals surface area contributed by atoms with Crippen LogP contribution in [0.25, 0.3) is 6.08 Å². The molecule has 114 valence electrons. The van der Waals surface area contributed by atoms with Gasteiger partial charge in [-0.05, 0) is 36.6 Å². The van der Waals surface area contributed by atoms with Gasteiger partial charge in [0.1, 0.15) is 5.76 Å². The number of hydrogen-bond donors (Lipinski definition) is 1. The van der Waals surface area contributed by atoms with Crippen LogP contribution in [0.3, 0.4) is 0 Å². The number of rotatable bonds is 5. The number of amides is 1. The molecule has 1 fully saturated rings. The smallest absolute Gasteiger partial charge is 0.244 e. The number of hydrogen-bond acceptors (Lipinski definition) is 2. The summed E-state index contributed by atoms with van der Waals surface area (Å²) in [7, 11) is 0. The minimum Gasteiger partial charge on any atom is -0.465 e. The molecule has 1 amide bonds. The summed E-state index contributed by atoms with van der Waals surface area (Å²) in [5, 5.41) is 3.06. The van der Waals surface area contributed by atoms with Crippen molar-refractivity contribution in [1.29, 1.82) is 0 Å². The van der Waals surface area contributed by atoms with Gasteiger partial charge in [0, 0.05) is 18.0 Å². The van der Waals surface area contributed by atoms with Crippen LogP contribution in [0.4, 0.5) is 0 Å². The number of furan rings is 1. The second-order valence-electron chi connectivity index (χ2n) is 5.92. The molecule has 0 aliphatic heterocycles. The van der Waals surface area contributed by atoms with Gasteiger partial charge in [-0.15, -0.1) is 0 Å². The van der Waals surface area contributed by atoms with Crippen molar-refractivity contribution in [3.05, 3.63) is 66.1 Å². The zero-order chi connectivity index (χ0) is 15.3. The average molecular weight is 295 g/mol. The second kappa shape index (κ2) is 6.65. The molecule has 3 heteroatoms. The van der Waals surface area contributed by atoms with Crippen LogP contribution in [0.15, 0.2) is 59.2 Å². The number of carbonyl (C=O) groups is 1. The van der Waals surface area contributed by atoms with Crippen molar-refractivity contribution >= 4 is 12.0 Å². The monoisotopic (exact) mass is 295 g/mol. The zero-order valence-electron chi connectivity index (χ0n) is 12.6. The Morgan fingerprint density at radius 2 is 1.91 bits per heavy atom. The molecule has 1 aromatic heterocycles. The van der Waals surface area contributed by atoms with Crippen LogP contribution in [0, 0.1) is 0 Å². The Kier molecular flexibility index (Phi) is 4.42. The molecule has 0 saturated heterocycles. The van der Waals surface area contributed by atoms with Crippen LogP contribution in [-0.4, -0.2) is 12.5 Å². The maximum atomic E-state index is 12.0. The summed E-state index contributed by atoms with van der Waals surface area (Å²) < 4.78 is 5.18. The Bertz CT molecular complexity index is 623. The van der Waals surface area contributed by atoms with Gasteiger partial charge in [0.25, 0.3) is 0 Å². The molecule has 1 heterocycles. The van der Waals surface area contributed by atoms with Crippen LogP contribution in [0.1, 0.15) is 37.0 Å². The molecular weight excluding hydrogens is 274 g/mol. The van der Waals surface area contributed by atoms with Gasteiger partial charge in [0.15, 0.2) is 0 Å². The molecule has 1 aromatic carbocycles. The lowest BCUT2D eigenvalue weighted by molar-refractivity contribution is -0.116. The standard InChI is InChI=1S/C19H21NO2/c21-18(11-10-17-9-6-14-22-17)20-15-19(12-4-5-13-19)16-7-2-1-3-8-16/h1-3,6-11,14H,4-5,12-13,15H2,(H,20,21)/b11-10+. The van der Waals surface area contributed by atoms with Crippen LogP contribution in [0.2, 0.25) is 0 Å². The van der Waals surface area contributed by atoms with E-state index >= 15 is 0 Å². The fourth-order valence-electron chi connectivity index (χ4n) is 3.27. The Balaban J connectivity index is 1.64. The van der Waals surface area contributed by atoms with E-state index in [1.165, 1.54) is 24.5 Å². The maximum Gasteiger partial charge on any atom is 0.244 e. The second-order valence-corrected chi connectivity index (χ2v) is 5.92. The fourth-order valence-corrected chi connectivity index (χ4v) is 3.27. The predicted octanol–water partition coefficient (Wildman–Crippen LogP) is 3.92. The molecule has 1 aliphatic rings. The molecule has 22 heavy (non-hydrogen) atoms. The number of nitrogens with one attached hydrogen (secondary N) is 1. The van der Waals surface area contributed by atoms with E-state index in [9.17, 15) is 4.79 Å². The Morgan fingerprint density at radius 1 is 1.14 bits per heavy atom. The van der Waals surface area contributed by atoms with E-state index in [4.69, 9.17) is 4.42 Å². The van der Waals surface area contributed by atoms with Crippen molar-refractivity contribution in [2.24, 2.45) is 0 Å². The Morgan fingerprint density at radius 3 is 2.59 bits per heavy atom. The highest BCUT2D eigenvalue weighted by molar-refractivity contribution is 5.91. The fraction of sp³-hybridized carbons (Fsp3) is 0.316. The third-order valence-corrected chi connectivity index (χ3v) is 4.49. The summed E-state index contributed by atoms with van der Waals surface area (Å²) in [6, 6.07) is 14.2. The molecule has 3 nitrogen and oxygen atoms in total. The van der Waals surface area contributed by atoms with E-state index in [2.05, 4.69) is 29.6 Å². The van der Waals surface area contributed by atoms with Gasteiger partial charge < -0.3 is 9.73 Å². The van der Waals surface area contributed by atoms with Crippen molar-refractivity contribution in [3.8, 4) is 0 Å². The first-order valence-corrected chi connectivity index (χ1v) is 7.83. The summed E-state index contributed by atoms with van der Waals surface area (Å²) in [6.07, 6.45) is 9.56. The first kappa shape index (κ1) is 14.6. The molecule has 0 radical (unpaired) electrons. The van der Waals surface area contributed by atoms with Gasteiger partial charge in [-0.25, -0.2) is 0 Å². The molecule has 1 N–H and O–H groups in total. The van der Waals surface area contributed by atoms with Crippen molar-refractivity contribution < 1.29 is 9.21 Å². The van der Waals surface area contributed by atoms with Crippen LogP contribution >= 0.6 is 0 Å². The highest BCUT2D eigenvalue weighted by Gasteiger charge is 2.35. The summed E-state index contributed by atoms with van der Waals surface area (Å²) in [5.41, 5.74) is 1.43. The van der Waals surface area contributed by atoms with Crippen molar-refractivity contribution in [2.45, 2.75) is 31.1 Å². The van der Waals surface area contributed by atoms with Crippen molar-refractivity contribution in [3.63, 3.8) is 0 Å². The van der Waals surface area contributed by atoms with Gasteiger partial charge in [-0.1, -0.05) is 43.2 Å². The number of benzene rings is 1. The maximum absolute atomic E-state index is 12.0. The molecular formula is C19H21NO2. The summed E-state index contributed by atoms with van der Waals surface area (Å²) in [6.45, 7) is 0.693. The molecule has 0 unspecified atom stereocenters. The summed E-state index contributed by atoms with van der Waals surface area (Å²) in [4.78, 5) is 12.0. The molecule has 0 bridgehead atoms. The largest absolute Gasteiger partial charge is 0.465 e. The SMILES string of the molecule is O=C(/C=C/c1ccco1)NCC1(c2ccccc2)CCCC1. The van der Waals surface area contributed by atoms with E-state index in [0.29, 0.717) is 12.3 Å².